The van der Waals surface area contributed by atoms with Crippen LogP contribution in [-0.4, -0.2) is 26.3 Å². The van der Waals surface area contributed by atoms with E-state index in [1.54, 1.807) is 21.3 Å². The van der Waals surface area contributed by atoms with Gasteiger partial charge >= 0.3 is 0 Å². The minimum atomic E-state index is 0.548. The Bertz CT molecular complexity index is 1680. The molecule has 0 atom stereocenters. The lowest BCUT2D eigenvalue weighted by Crippen LogP contribution is -2.02. The van der Waals surface area contributed by atoms with E-state index in [0.29, 0.717) is 17.2 Å². The third kappa shape index (κ3) is 4.99. The van der Waals surface area contributed by atoms with Gasteiger partial charge < -0.3 is 14.2 Å². The summed E-state index contributed by atoms with van der Waals surface area (Å²) in [6.45, 7) is 0. The predicted octanol–water partition coefficient (Wildman–Crippen LogP) is 9.44. The van der Waals surface area contributed by atoms with Crippen LogP contribution < -0.4 is 14.2 Å². The minimum absolute atomic E-state index is 0.548. The first-order valence-electron chi connectivity index (χ1n) is 13.8. The van der Waals surface area contributed by atoms with Gasteiger partial charge in [-0.05, 0) is 28.8 Å². The summed E-state index contributed by atoms with van der Waals surface area (Å²) in [5, 5.41) is 0. The fourth-order valence-corrected chi connectivity index (χ4v) is 5.48. The molecule has 0 saturated carbocycles. The molecule has 1 aromatic heterocycles. The van der Waals surface area contributed by atoms with Crippen LogP contribution in [0.2, 0.25) is 0 Å². The van der Waals surface area contributed by atoms with Gasteiger partial charge in [-0.1, -0.05) is 121 Å². The van der Waals surface area contributed by atoms with Crippen molar-refractivity contribution in [1.29, 1.82) is 0 Å². The number of hydrogen-bond acceptors (Lipinski definition) is 4. The number of methoxy groups -OCH3 is 3. The minimum Gasteiger partial charge on any atom is -0.493 e. The van der Waals surface area contributed by atoms with Gasteiger partial charge in [0.1, 0.15) is 0 Å². The van der Waals surface area contributed by atoms with Crippen LogP contribution in [0.5, 0.6) is 17.2 Å². The summed E-state index contributed by atoms with van der Waals surface area (Å²) in [6.07, 6.45) is 0. The van der Waals surface area contributed by atoms with Crippen molar-refractivity contribution in [3.8, 4) is 73.1 Å². The summed E-state index contributed by atoms with van der Waals surface area (Å²) in [6, 6.07) is 45.7. The third-order valence-corrected chi connectivity index (χ3v) is 7.37. The fourth-order valence-electron chi connectivity index (χ4n) is 5.48. The first-order valence-corrected chi connectivity index (χ1v) is 13.8. The van der Waals surface area contributed by atoms with Crippen LogP contribution in [0.25, 0.3) is 55.9 Å². The van der Waals surface area contributed by atoms with Crippen molar-refractivity contribution in [2.45, 2.75) is 0 Å². The van der Waals surface area contributed by atoms with Gasteiger partial charge in [0.15, 0.2) is 11.5 Å². The molecule has 0 unspecified atom stereocenters. The molecule has 0 bridgehead atoms. The molecule has 0 fully saturated rings. The summed E-state index contributed by atoms with van der Waals surface area (Å²) < 4.78 is 17.4. The lowest BCUT2D eigenvalue weighted by molar-refractivity contribution is 0.324. The number of pyridine rings is 1. The maximum absolute atomic E-state index is 5.84. The van der Waals surface area contributed by atoms with E-state index in [-0.39, 0.29) is 0 Å². The summed E-state index contributed by atoms with van der Waals surface area (Å²) in [5.74, 6) is 1.72. The average Bonchev–Trinajstić information content (AvgIpc) is 3.08. The Labute approximate surface area is 246 Å². The van der Waals surface area contributed by atoms with Gasteiger partial charge in [-0.25, -0.2) is 4.98 Å². The SMILES string of the molecule is COc1cc(-c2c(-c3ccccc3)c(-c3ccccc3)nc(-c3ccccc3)c2-c2ccccc2)cc(OC)c1OC. The highest BCUT2D eigenvalue weighted by molar-refractivity contribution is 6.05. The molecule has 0 saturated heterocycles. The van der Waals surface area contributed by atoms with Gasteiger partial charge in [-0.15, -0.1) is 0 Å². The lowest BCUT2D eigenvalue weighted by atomic mass is 9.83. The summed E-state index contributed by atoms with van der Waals surface area (Å²) in [4.78, 5) is 5.48. The molecule has 0 amide bonds. The Morgan fingerprint density at radius 2 is 0.738 bits per heavy atom. The number of benzene rings is 5. The van der Waals surface area contributed by atoms with Crippen molar-refractivity contribution >= 4 is 0 Å². The van der Waals surface area contributed by atoms with E-state index in [1.165, 1.54) is 0 Å². The zero-order valence-corrected chi connectivity index (χ0v) is 23.9. The van der Waals surface area contributed by atoms with Crippen LogP contribution in [0.4, 0.5) is 0 Å². The van der Waals surface area contributed by atoms with Crippen molar-refractivity contribution < 1.29 is 14.2 Å². The highest BCUT2D eigenvalue weighted by Crippen LogP contribution is 2.51. The molecule has 6 aromatic rings. The van der Waals surface area contributed by atoms with E-state index in [2.05, 4.69) is 97.1 Å². The largest absolute Gasteiger partial charge is 0.493 e. The standard InChI is InChI=1S/C38H31NO3/c1-40-31-24-30(25-32(41-2)38(31)42-3)33-34(26-16-8-4-9-17-26)36(28-20-12-6-13-21-28)39-37(29-22-14-7-15-23-29)35(33)27-18-10-5-11-19-27/h4-25H,1-3H3. The molecule has 1 heterocycles. The third-order valence-electron chi connectivity index (χ3n) is 7.37. The quantitative estimate of drug-likeness (QED) is 0.190. The normalized spacial score (nSPS) is 10.7. The number of ether oxygens (including phenoxy) is 3. The smallest absolute Gasteiger partial charge is 0.203 e. The molecule has 4 nitrogen and oxygen atoms in total. The molecule has 0 aliphatic carbocycles. The summed E-state index contributed by atoms with van der Waals surface area (Å²) in [7, 11) is 4.92. The van der Waals surface area contributed by atoms with Crippen LogP contribution in [-0.2, 0) is 0 Å². The van der Waals surface area contributed by atoms with Crippen molar-refractivity contribution in [2.24, 2.45) is 0 Å². The fraction of sp³-hybridized carbons (Fsp3) is 0.0789. The van der Waals surface area contributed by atoms with E-state index < -0.39 is 0 Å². The second kappa shape index (κ2) is 12.0. The maximum atomic E-state index is 5.84. The Hall–Kier alpha value is -5.35. The number of rotatable bonds is 8. The van der Waals surface area contributed by atoms with Crippen molar-refractivity contribution in [3.05, 3.63) is 133 Å². The molecule has 0 aliphatic rings. The molecule has 5 aromatic carbocycles. The summed E-state index contributed by atoms with van der Waals surface area (Å²) >= 11 is 0. The zero-order valence-electron chi connectivity index (χ0n) is 23.9. The topological polar surface area (TPSA) is 40.6 Å². The summed E-state index contributed by atoms with van der Waals surface area (Å²) in [5.41, 5.74) is 9.97. The first kappa shape index (κ1) is 26.9. The van der Waals surface area contributed by atoms with Crippen molar-refractivity contribution in [1.82, 2.24) is 4.98 Å². The van der Waals surface area contributed by atoms with Crippen molar-refractivity contribution in [2.75, 3.05) is 21.3 Å². The zero-order chi connectivity index (χ0) is 28.9. The Morgan fingerprint density at radius 1 is 0.381 bits per heavy atom. The van der Waals surface area contributed by atoms with Gasteiger partial charge in [0, 0.05) is 27.8 Å². The van der Waals surface area contributed by atoms with E-state index in [4.69, 9.17) is 19.2 Å². The van der Waals surface area contributed by atoms with Gasteiger partial charge in [0.2, 0.25) is 5.75 Å². The van der Waals surface area contributed by atoms with Gasteiger partial charge in [-0.3, -0.25) is 0 Å². The van der Waals surface area contributed by atoms with E-state index in [0.717, 1.165) is 55.9 Å². The molecule has 6 rings (SSSR count). The molecular formula is C38H31NO3. The van der Waals surface area contributed by atoms with E-state index in [9.17, 15) is 0 Å². The predicted molar refractivity (Wildman–Crippen MR) is 171 cm³/mol. The van der Waals surface area contributed by atoms with Gasteiger partial charge in [0.25, 0.3) is 0 Å². The van der Waals surface area contributed by atoms with Crippen LogP contribution in [0.15, 0.2) is 133 Å². The maximum Gasteiger partial charge on any atom is 0.203 e. The second-order valence-electron chi connectivity index (χ2n) is 9.81. The van der Waals surface area contributed by atoms with Crippen LogP contribution in [0, 0.1) is 0 Å². The van der Waals surface area contributed by atoms with Crippen LogP contribution >= 0.6 is 0 Å². The molecule has 206 valence electrons. The van der Waals surface area contributed by atoms with Gasteiger partial charge in [0.05, 0.1) is 32.7 Å². The van der Waals surface area contributed by atoms with Crippen molar-refractivity contribution in [3.63, 3.8) is 0 Å². The Kier molecular flexibility index (Phi) is 7.69. The molecular weight excluding hydrogens is 518 g/mol. The van der Waals surface area contributed by atoms with Crippen LogP contribution in [0.3, 0.4) is 0 Å². The Morgan fingerprint density at radius 3 is 1.07 bits per heavy atom. The molecule has 0 spiro atoms. The first-order chi connectivity index (χ1) is 20.7. The van der Waals surface area contributed by atoms with E-state index >= 15 is 0 Å². The molecule has 0 N–H and O–H groups in total. The number of aromatic nitrogens is 1. The number of nitrogens with zero attached hydrogens (tertiary/aromatic N) is 1. The lowest BCUT2D eigenvalue weighted by Gasteiger charge is -2.24. The van der Waals surface area contributed by atoms with Gasteiger partial charge in [-0.2, -0.15) is 0 Å². The number of hydrogen-bond donors (Lipinski definition) is 0. The monoisotopic (exact) mass is 549 g/mol. The molecule has 4 heteroatoms. The molecule has 0 aliphatic heterocycles. The molecule has 0 radical (unpaired) electrons. The Balaban J connectivity index is 1.86. The van der Waals surface area contributed by atoms with Crippen LogP contribution in [0.1, 0.15) is 0 Å². The highest BCUT2D eigenvalue weighted by Gasteiger charge is 2.26. The molecule has 42 heavy (non-hydrogen) atoms. The average molecular weight is 550 g/mol. The highest BCUT2D eigenvalue weighted by atomic mass is 16.5. The second-order valence-corrected chi connectivity index (χ2v) is 9.81. The van der Waals surface area contributed by atoms with E-state index in [1.807, 2.05) is 36.4 Å².